The van der Waals surface area contributed by atoms with Crippen molar-refractivity contribution < 1.29 is 8.78 Å². The number of aromatic nitrogens is 2. The molecule has 96 valence electrons. The summed E-state index contributed by atoms with van der Waals surface area (Å²) in [6.07, 6.45) is 4.45. The number of alkyl halides is 2. The Hall–Kier alpha value is -1.89. The first-order valence-corrected chi connectivity index (χ1v) is 5.41. The molecule has 1 aliphatic rings. The average Bonchev–Trinajstić information content (AvgIpc) is 2.84. The molecule has 0 saturated carbocycles. The van der Waals surface area contributed by atoms with Crippen LogP contribution < -0.4 is 5.32 Å². The van der Waals surface area contributed by atoms with E-state index in [4.69, 9.17) is 0 Å². The van der Waals surface area contributed by atoms with Gasteiger partial charge in [0.25, 0.3) is 0 Å². The van der Waals surface area contributed by atoms with E-state index < -0.39 is 6.55 Å². The smallest absolute Gasteiger partial charge is 0.311 e. The molecule has 18 heavy (non-hydrogen) atoms. The number of nitrogens with one attached hydrogen (secondary N) is 1. The summed E-state index contributed by atoms with van der Waals surface area (Å²) in [5.74, 6) is 0. The number of halogens is 2. The Morgan fingerprint density at radius 3 is 2.89 bits per heavy atom. The fourth-order valence-electron chi connectivity index (χ4n) is 1.79. The highest BCUT2D eigenvalue weighted by atomic mass is 19.3. The van der Waals surface area contributed by atoms with Gasteiger partial charge in [0, 0.05) is 25.5 Å². The van der Waals surface area contributed by atoms with E-state index in [9.17, 15) is 8.78 Å². The standard InChI is InChI=1S/C11H13F2N5/c1-14-9-5-16-6-10(9)18(11(12)13)7-8-4-15-2-3-17-8/h2-4,11,16H,1,5-7H2. The summed E-state index contributed by atoms with van der Waals surface area (Å²) >= 11 is 0. The molecular formula is C11H13F2N5. The molecule has 0 bridgehead atoms. The summed E-state index contributed by atoms with van der Waals surface area (Å²) < 4.78 is 26.2. The van der Waals surface area contributed by atoms with Crippen molar-refractivity contribution in [1.82, 2.24) is 20.2 Å². The summed E-state index contributed by atoms with van der Waals surface area (Å²) in [7, 11) is 0. The fraction of sp³-hybridized carbons (Fsp3) is 0.364. The lowest BCUT2D eigenvalue weighted by Crippen LogP contribution is -2.30. The van der Waals surface area contributed by atoms with Crippen molar-refractivity contribution in [3.05, 3.63) is 35.7 Å². The molecule has 0 saturated heterocycles. The molecule has 0 unspecified atom stereocenters. The monoisotopic (exact) mass is 253 g/mol. The Morgan fingerprint density at radius 2 is 2.28 bits per heavy atom. The van der Waals surface area contributed by atoms with Crippen LogP contribution in [0.1, 0.15) is 5.69 Å². The second-order valence-corrected chi connectivity index (χ2v) is 3.76. The zero-order chi connectivity index (χ0) is 13.0. The van der Waals surface area contributed by atoms with E-state index >= 15 is 0 Å². The molecule has 0 amide bonds. The normalized spacial score (nSPS) is 15.3. The maximum atomic E-state index is 13.1. The van der Waals surface area contributed by atoms with Crippen LogP contribution in [0.4, 0.5) is 8.78 Å². The SMILES string of the molecule is C=NC1=C(N(Cc2cnccn2)C(F)F)CNC1. The van der Waals surface area contributed by atoms with Gasteiger partial charge in [0.05, 0.1) is 29.8 Å². The topological polar surface area (TPSA) is 53.4 Å². The van der Waals surface area contributed by atoms with Crippen molar-refractivity contribution in [2.75, 3.05) is 13.1 Å². The van der Waals surface area contributed by atoms with E-state index in [0.717, 1.165) is 4.90 Å². The highest BCUT2D eigenvalue weighted by molar-refractivity contribution is 5.33. The van der Waals surface area contributed by atoms with Crippen molar-refractivity contribution in [1.29, 1.82) is 0 Å². The third-order valence-electron chi connectivity index (χ3n) is 2.64. The van der Waals surface area contributed by atoms with Crippen LogP contribution in [0.2, 0.25) is 0 Å². The number of hydrogen-bond donors (Lipinski definition) is 1. The Morgan fingerprint density at radius 1 is 1.44 bits per heavy atom. The van der Waals surface area contributed by atoms with E-state index in [2.05, 4.69) is 27.0 Å². The zero-order valence-corrected chi connectivity index (χ0v) is 9.68. The molecule has 1 aromatic rings. The van der Waals surface area contributed by atoms with E-state index in [1.54, 1.807) is 0 Å². The Balaban J connectivity index is 2.22. The largest absolute Gasteiger partial charge is 0.315 e. The van der Waals surface area contributed by atoms with E-state index in [1.165, 1.54) is 18.6 Å². The quantitative estimate of drug-likeness (QED) is 0.628. The maximum Gasteiger partial charge on any atom is 0.315 e. The van der Waals surface area contributed by atoms with Crippen LogP contribution >= 0.6 is 0 Å². The van der Waals surface area contributed by atoms with Crippen molar-refractivity contribution in [2.45, 2.75) is 13.1 Å². The highest BCUT2D eigenvalue weighted by Crippen LogP contribution is 2.21. The molecule has 7 heteroatoms. The minimum atomic E-state index is -2.61. The molecule has 1 N–H and O–H groups in total. The van der Waals surface area contributed by atoms with Crippen molar-refractivity contribution >= 4 is 6.72 Å². The minimum absolute atomic E-state index is 0.00153. The first kappa shape index (κ1) is 12.6. The summed E-state index contributed by atoms with van der Waals surface area (Å²) in [6, 6.07) is 0. The molecule has 0 radical (unpaired) electrons. The van der Waals surface area contributed by atoms with Gasteiger partial charge < -0.3 is 10.2 Å². The first-order chi connectivity index (χ1) is 8.72. The predicted octanol–water partition coefficient (Wildman–Crippen LogP) is 1.02. The maximum absolute atomic E-state index is 13.1. The van der Waals surface area contributed by atoms with Gasteiger partial charge in [0.1, 0.15) is 0 Å². The van der Waals surface area contributed by atoms with Gasteiger partial charge >= 0.3 is 6.55 Å². The van der Waals surface area contributed by atoms with Gasteiger partial charge in [-0.1, -0.05) is 0 Å². The number of aliphatic imine (C=N–C) groups is 1. The van der Waals surface area contributed by atoms with Crippen LogP contribution in [-0.4, -0.2) is 41.2 Å². The lowest BCUT2D eigenvalue weighted by atomic mass is 10.3. The molecule has 1 aromatic heterocycles. The van der Waals surface area contributed by atoms with Gasteiger partial charge in [0.15, 0.2) is 0 Å². The second-order valence-electron chi connectivity index (χ2n) is 3.76. The van der Waals surface area contributed by atoms with E-state index in [1.807, 2.05) is 0 Å². The molecule has 0 aliphatic carbocycles. The second kappa shape index (κ2) is 5.63. The number of hydrogen-bond acceptors (Lipinski definition) is 5. The third-order valence-corrected chi connectivity index (χ3v) is 2.64. The van der Waals surface area contributed by atoms with Gasteiger partial charge in [-0.3, -0.25) is 15.0 Å². The van der Waals surface area contributed by atoms with Crippen LogP contribution in [0.5, 0.6) is 0 Å². The summed E-state index contributed by atoms with van der Waals surface area (Å²) in [6.45, 7) is 1.60. The van der Waals surface area contributed by atoms with Gasteiger partial charge in [-0.05, 0) is 6.72 Å². The van der Waals surface area contributed by atoms with Crippen molar-refractivity contribution in [2.24, 2.45) is 4.99 Å². The van der Waals surface area contributed by atoms with Gasteiger partial charge in [-0.15, -0.1) is 0 Å². The van der Waals surface area contributed by atoms with Crippen LogP contribution in [0, 0.1) is 0 Å². The lowest BCUT2D eigenvalue weighted by molar-refractivity contribution is -0.0101. The Labute approximate surface area is 103 Å². The predicted molar refractivity (Wildman–Crippen MR) is 63.0 cm³/mol. The van der Waals surface area contributed by atoms with Crippen molar-refractivity contribution in [3.8, 4) is 0 Å². The molecular weight excluding hydrogens is 240 g/mol. The van der Waals surface area contributed by atoms with E-state index in [-0.39, 0.29) is 6.54 Å². The van der Waals surface area contributed by atoms with Gasteiger partial charge in [0.2, 0.25) is 0 Å². The van der Waals surface area contributed by atoms with Crippen LogP contribution in [-0.2, 0) is 6.54 Å². The molecule has 2 heterocycles. The summed E-state index contributed by atoms with van der Waals surface area (Å²) in [5, 5.41) is 2.98. The first-order valence-electron chi connectivity index (χ1n) is 5.41. The van der Waals surface area contributed by atoms with Crippen LogP contribution in [0.3, 0.4) is 0 Å². The van der Waals surface area contributed by atoms with E-state index in [0.29, 0.717) is 30.2 Å². The molecule has 1 aliphatic heterocycles. The number of nitrogens with zero attached hydrogens (tertiary/aromatic N) is 4. The number of rotatable bonds is 5. The van der Waals surface area contributed by atoms with Gasteiger partial charge in [-0.25, -0.2) is 0 Å². The average molecular weight is 253 g/mol. The van der Waals surface area contributed by atoms with Crippen LogP contribution in [0.15, 0.2) is 35.0 Å². The molecule has 2 rings (SSSR count). The summed E-state index contributed by atoms with van der Waals surface area (Å²) in [5.41, 5.74) is 1.51. The molecule has 0 aromatic carbocycles. The lowest BCUT2D eigenvalue weighted by Gasteiger charge is -2.24. The Bertz CT molecular complexity index is 446. The van der Waals surface area contributed by atoms with Gasteiger partial charge in [-0.2, -0.15) is 8.78 Å². The Kier molecular flexibility index (Phi) is 3.93. The molecule has 5 nitrogen and oxygen atoms in total. The summed E-state index contributed by atoms with van der Waals surface area (Å²) in [4.78, 5) is 12.6. The molecule has 0 spiro atoms. The van der Waals surface area contributed by atoms with Crippen LogP contribution in [0.25, 0.3) is 0 Å². The van der Waals surface area contributed by atoms with Crippen molar-refractivity contribution in [3.63, 3.8) is 0 Å². The molecule has 0 fully saturated rings. The molecule has 0 atom stereocenters. The minimum Gasteiger partial charge on any atom is -0.311 e. The zero-order valence-electron chi connectivity index (χ0n) is 9.68. The fourth-order valence-corrected chi connectivity index (χ4v) is 1.79. The third kappa shape index (κ3) is 2.67. The highest BCUT2D eigenvalue weighted by Gasteiger charge is 2.25.